The lowest BCUT2D eigenvalue weighted by atomic mass is 10.1. The van der Waals surface area contributed by atoms with Gasteiger partial charge in [-0.15, -0.1) is 0 Å². The highest BCUT2D eigenvalue weighted by Gasteiger charge is 2.39. The van der Waals surface area contributed by atoms with Crippen molar-refractivity contribution in [3.8, 4) is 0 Å². The standard InChI is InChI=1S/C29H26ClN3O5/c1-17(2)38-29(37)21-10-7-11-23(16-21)33-27(35)24(30)25(28(33)36)32-22-14-12-20(13-15-22)26(34)31-18(3)19-8-5-4-6-9-19/h4-18,32H,1-3H3,(H,31,34). The van der Waals surface area contributed by atoms with Crippen molar-refractivity contribution < 1.29 is 23.9 Å². The molecule has 1 atom stereocenters. The third-order valence-corrected chi connectivity index (χ3v) is 6.12. The minimum absolute atomic E-state index is 0.110. The van der Waals surface area contributed by atoms with E-state index in [4.69, 9.17) is 16.3 Å². The van der Waals surface area contributed by atoms with E-state index in [9.17, 15) is 19.2 Å². The zero-order valence-corrected chi connectivity index (χ0v) is 21.8. The second kappa shape index (κ2) is 11.3. The Bertz CT molecular complexity index is 1420. The molecule has 1 aliphatic rings. The molecule has 38 heavy (non-hydrogen) atoms. The van der Waals surface area contributed by atoms with E-state index in [1.807, 2.05) is 37.3 Å². The van der Waals surface area contributed by atoms with Crippen molar-refractivity contribution in [3.05, 3.63) is 106 Å². The molecular weight excluding hydrogens is 506 g/mol. The molecule has 8 nitrogen and oxygen atoms in total. The van der Waals surface area contributed by atoms with E-state index in [1.54, 1.807) is 44.2 Å². The van der Waals surface area contributed by atoms with Crippen LogP contribution in [0.4, 0.5) is 11.4 Å². The number of nitrogens with zero attached hydrogens (tertiary/aromatic N) is 1. The fraction of sp³-hybridized carbons (Fsp3) is 0.172. The third kappa shape index (κ3) is 5.76. The lowest BCUT2D eigenvalue weighted by Crippen LogP contribution is -2.32. The van der Waals surface area contributed by atoms with Gasteiger partial charge in [0.25, 0.3) is 17.7 Å². The number of hydrogen-bond donors (Lipinski definition) is 2. The number of esters is 1. The molecule has 3 aromatic carbocycles. The highest BCUT2D eigenvalue weighted by Crippen LogP contribution is 2.31. The first-order chi connectivity index (χ1) is 18.2. The van der Waals surface area contributed by atoms with Crippen molar-refractivity contribution >= 4 is 46.7 Å². The van der Waals surface area contributed by atoms with Gasteiger partial charge in [-0.25, -0.2) is 9.69 Å². The minimum Gasteiger partial charge on any atom is -0.459 e. The van der Waals surface area contributed by atoms with E-state index in [2.05, 4.69) is 10.6 Å². The Kier molecular flexibility index (Phi) is 7.93. The van der Waals surface area contributed by atoms with Crippen LogP contribution in [0.5, 0.6) is 0 Å². The lowest BCUT2D eigenvalue weighted by molar-refractivity contribution is -0.120. The quantitative estimate of drug-likeness (QED) is 0.306. The van der Waals surface area contributed by atoms with E-state index in [0.29, 0.717) is 11.3 Å². The summed E-state index contributed by atoms with van der Waals surface area (Å²) in [5.41, 5.74) is 2.15. The van der Waals surface area contributed by atoms with E-state index < -0.39 is 17.8 Å². The topological polar surface area (TPSA) is 105 Å². The van der Waals surface area contributed by atoms with Crippen LogP contribution in [0.1, 0.15) is 53.1 Å². The summed E-state index contributed by atoms with van der Waals surface area (Å²) in [6.45, 7) is 5.34. The van der Waals surface area contributed by atoms with Gasteiger partial charge in [0.1, 0.15) is 10.7 Å². The predicted octanol–water partition coefficient (Wildman–Crippen LogP) is 5.18. The molecule has 9 heteroatoms. The summed E-state index contributed by atoms with van der Waals surface area (Å²) in [5.74, 6) is -2.22. The van der Waals surface area contributed by atoms with Crippen molar-refractivity contribution in [1.82, 2.24) is 5.32 Å². The van der Waals surface area contributed by atoms with Crippen LogP contribution in [0.3, 0.4) is 0 Å². The van der Waals surface area contributed by atoms with Crippen LogP contribution in [0.25, 0.3) is 0 Å². The zero-order valence-electron chi connectivity index (χ0n) is 21.0. The minimum atomic E-state index is -0.723. The summed E-state index contributed by atoms with van der Waals surface area (Å²) in [7, 11) is 0. The molecule has 0 saturated carbocycles. The van der Waals surface area contributed by atoms with E-state index in [0.717, 1.165) is 10.5 Å². The Morgan fingerprint density at radius 3 is 2.18 bits per heavy atom. The van der Waals surface area contributed by atoms with Gasteiger partial charge in [0.15, 0.2) is 0 Å². The second-order valence-electron chi connectivity index (χ2n) is 8.95. The van der Waals surface area contributed by atoms with Gasteiger partial charge < -0.3 is 15.4 Å². The Morgan fingerprint density at radius 2 is 1.53 bits per heavy atom. The molecule has 1 aliphatic heterocycles. The Morgan fingerprint density at radius 1 is 0.842 bits per heavy atom. The van der Waals surface area contributed by atoms with Gasteiger partial charge in [0, 0.05) is 11.3 Å². The van der Waals surface area contributed by atoms with Crippen molar-refractivity contribution in [1.29, 1.82) is 0 Å². The summed E-state index contributed by atoms with van der Waals surface area (Å²) in [5, 5.41) is 5.53. The molecule has 0 bridgehead atoms. The number of rotatable bonds is 8. The highest BCUT2D eigenvalue weighted by atomic mass is 35.5. The van der Waals surface area contributed by atoms with Gasteiger partial charge in [0.2, 0.25) is 0 Å². The Hall–Kier alpha value is -4.43. The number of anilines is 2. The van der Waals surface area contributed by atoms with Gasteiger partial charge in [-0.05, 0) is 68.8 Å². The third-order valence-electron chi connectivity index (χ3n) is 5.77. The number of halogens is 1. The number of amides is 3. The smallest absolute Gasteiger partial charge is 0.338 e. The zero-order chi connectivity index (χ0) is 27.4. The molecule has 0 aliphatic carbocycles. The van der Waals surface area contributed by atoms with Crippen molar-refractivity contribution in [3.63, 3.8) is 0 Å². The van der Waals surface area contributed by atoms with Crippen LogP contribution in [0.15, 0.2) is 89.6 Å². The van der Waals surface area contributed by atoms with E-state index in [-0.39, 0.29) is 40.0 Å². The molecule has 3 aromatic rings. The number of carbonyl (C=O) groups excluding carboxylic acids is 4. The van der Waals surface area contributed by atoms with Crippen LogP contribution >= 0.6 is 11.6 Å². The Balaban J connectivity index is 1.46. The fourth-order valence-electron chi connectivity index (χ4n) is 3.85. The van der Waals surface area contributed by atoms with Crippen molar-refractivity contribution in [2.75, 3.05) is 10.2 Å². The monoisotopic (exact) mass is 531 g/mol. The number of benzene rings is 3. The average molecular weight is 532 g/mol. The SMILES string of the molecule is CC(C)OC(=O)c1cccc(N2C(=O)C(Cl)=C(Nc3ccc(C(=O)NC(C)c4ccccc4)cc3)C2=O)c1. The molecule has 0 saturated heterocycles. The lowest BCUT2D eigenvalue weighted by Gasteiger charge is -2.16. The number of carbonyl (C=O) groups is 4. The maximum absolute atomic E-state index is 13.1. The molecule has 4 rings (SSSR count). The first-order valence-electron chi connectivity index (χ1n) is 12.0. The van der Waals surface area contributed by atoms with E-state index in [1.165, 1.54) is 18.2 Å². The van der Waals surface area contributed by atoms with Gasteiger partial charge in [0.05, 0.1) is 23.4 Å². The summed E-state index contributed by atoms with van der Waals surface area (Å²) in [6.07, 6.45) is -0.321. The molecule has 0 radical (unpaired) electrons. The average Bonchev–Trinajstić information content (AvgIpc) is 3.12. The maximum Gasteiger partial charge on any atom is 0.338 e. The van der Waals surface area contributed by atoms with Crippen LogP contribution in [-0.4, -0.2) is 29.8 Å². The number of ether oxygens (including phenoxy) is 1. The number of nitrogens with one attached hydrogen (secondary N) is 2. The van der Waals surface area contributed by atoms with Crippen LogP contribution < -0.4 is 15.5 Å². The van der Waals surface area contributed by atoms with Crippen LogP contribution in [0.2, 0.25) is 0 Å². The van der Waals surface area contributed by atoms with Gasteiger partial charge in [-0.2, -0.15) is 0 Å². The summed E-state index contributed by atoms with van der Waals surface area (Å²) >= 11 is 6.24. The predicted molar refractivity (Wildman–Crippen MR) is 145 cm³/mol. The molecule has 3 amide bonds. The van der Waals surface area contributed by atoms with Crippen LogP contribution in [-0.2, 0) is 14.3 Å². The first kappa shape index (κ1) is 26.6. The summed E-state index contributed by atoms with van der Waals surface area (Å²) in [4.78, 5) is 51.8. The Labute approximate surface area is 225 Å². The van der Waals surface area contributed by atoms with Gasteiger partial charge in [-0.3, -0.25) is 14.4 Å². The largest absolute Gasteiger partial charge is 0.459 e. The van der Waals surface area contributed by atoms with E-state index >= 15 is 0 Å². The molecule has 2 N–H and O–H groups in total. The molecule has 0 aromatic heterocycles. The second-order valence-corrected chi connectivity index (χ2v) is 9.33. The fourth-order valence-corrected chi connectivity index (χ4v) is 4.07. The molecular formula is C29H26ClN3O5. The molecule has 1 unspecified atom stereocenters. The maximum atomic E-state index is 13.1. The summed E-state index contributed by atoms with van der Waals surface area (Å²) in [6, 6.07) is 21.9. The van der Waals surface area contributed by atoms with Gasteiger partial charge in [-0.1, -0.05) is 48.0 Å². The van der Waals surface area contributed by atoms with Crippen molar-refractivity contribution in [2.45, 2.75) is 32.9 Å². The number of hydrogen-bond acceptors (Lipinski definition) is 6. The number of imide groups is 1. The molecule has 0 fully saturated rings. The summed E-state index contributed by atoms with van der Waals surface area (Å²) < 4.78 is 5.19. The normalized spacial score (nSPS) is 14.1. The van der Waals surface area contributed by atoms with Crippen LogP contribution in [0, 0.1) is 0 Å². The van der Waals surface area contributed by atoms with Gasteiger partial charge >= 0.3 is 5.97 Å². The molecule has 1 heterocycles. The van der Waals surface area contributed by atoms with Crippen molar-refractivity contribution in [2.24, 2.45) is 0 Å². The molecule has 0 spiro atoms. The molecule has 194 valence electrons. The highest BCUT2D eigenvalue weighted by molar-refractivity contribution is 6.53. The first-order valence-corrected chi connectivity index (χ1v) is 12.4.